The number of pyridine rings is 1. The zero-order chi connectivity index (χ0) is 35.2. The van der Waals surface area contributed by atoms with E-state index in [0.717, 1.165) is 31.4 Å². The first-order valence-corrected chi connectivity index (χ1v) is 13.2. The summed E-state index contributed by atoms with van der Waals surface area (Å²) in [6, 6.07) is 3.86. The second-order valence-corrected chi connectivity index (χ2v) is 10.5. The van der Waals surface area contributed by atoms with Gasteiger partial charge < -0.3 is 15.4 Å². The number of nitrogens with zero attached hydrogens (tertiary/aromatic N) is 1. The molecule has 3 aromatic rings. The molecule has 3 rings (SSSR count). The summed E-state index contributed by atoms with van der Waals surface area (Å²) in [4.78, 5) is 28.9. The van der Waals surface area contributed by atoms with Crippen molar-refractivity contribution in [2.75, 3.05) is 17.7 Å². The molecule has 0 saturated carbocycles. The third-order valence-electron chi connectivity index (χ3n) is 5.97. The van der Waals surface area contributed by atoms with Crippen molar-refractivity contribution in [1.82, 2.24) is 4.98 Å². The Morgan fingerprint density at radius 1 is 0.826 bits per heavy atom. The molecule has 1 heterocycles. The quantitative estimate of drug-likeness (QED) is 0.234. The molecular formula is C25H12BrCl2F12N3O3. The minimum absolute atomic E-state index is 0.101. The van der Waals surface area contributed by atoms with E-state index >= 15 is 0 Å². The molecule has 0 aliphatic carbocycles. The van der Waals surface area contributed by atoms with Gasteiger partial charge in [-0.2, -0.15) is 48.3 Å². The molecule has 2 N–H and O–H groups in total. The van der Waals surface area contributed by atoms with Gasteiger partial charge in [-0.15, -0.1) is 0 Å². The largest absolute Gasteiger partial charge is 0.494 e. The highest BCUT2D eigenvalue weighted by atomic mass is 79.9. The second-order valence-electron chi connectivity index (χ2n) is 8.86. The summed E-state index contributed by atoms with van der Waals surface area (Å²) >= 11 is 14.1. The lowest BCUT2D eigenvalue weighted by Gasteiger charge is -2.36. The van der Waals surface area contributed by atoms with Crippen LogP contribution in [0, 0.1) is 0 Å². The molecule has 1 aromatic heterocycles. The van der Waals surface area contributed by atoms with Crippen molar-refractivity contribution in [1.29, 1.82) is 0 Å². The van der Waals surface area contributed by atoms with Gasteiger partial charge in [0.15, 0.2) is 11.4 Å². The smallest absolute Gasteiger partial charge is 0.457 e. The summed E-state index contributed by atoms with van der Waals surface area (Å²) in [5.74, 6) is -9.90. The first-order chi connectivity index (χ1) is 20.9. The highest BCUT2D eigenvalue weighted by Gasteiger charge is 2.81. The van der Waals surface area contributed by atoms with E-state index in [4.69, 9.17) is 27.9 Å². The van der Waals surface area contributed by atoms with Crippen LogP contribution in [-0.2, 0) is 11.8 Å². The zero-order valence-corrected chi connectivity index (χ0v) is 25.0. The summed E-state index contributed by atoms with van der Waals surface area (Å²) in [6.07, 6.45) is -18.2. The van der Waals surface area contributed by atoms with Crippen molar-refractivity contribution in [3.63, 3.8) is 0 Å². The number of benzene rings is 2. The molecule has 1 atom stereocenters. The van der Waals surface area contributed by atoms with E-state index in [0.29, 0.717) is 6.20 Å². The number of hydrogen-bond acceptors (Lipinski definition) is 4. The first-order valence-electron chi connectivity index (χ1n) is 11.6. The predicted molar refractivity (Wildman–Crippen MR) is 142 cm³/mol. The molecule has 0 spiro atoms. The summed E-state index contributed by atoms with van der Waals surface area (Å²) in [5.41, 5.74) is -12.4. The van der Waals surface area contributed by atoms with E-state index in [9.17, 15) is 62.3 Å². The standard InChI is InChI=1S/C25H12BrCl2F12N3O3/c1-46-17-11(3-2-4-14(17)42-19(44)10-5-6-41-18(15(10)28)22(30,31)32)20(45)43-16-12(26)7-9(8-13(16)27)21(29,24(35,36)37)23(33,34)25(38,39)40/h2-8H,1H3,(H,42,44)(H,43,45). The van der Waals surface area contributed by atoms with Crippen LogP contribution in [-0.4, -0.2) is 42.2 Å². The van der Waals surface area contributed by atoms with Crippen LogP contribution in [0.2, 0.25) is 10.0 Å². The van der Waals surface area contributed by atoms with Crippen molar-refractivity contribution in [3.8, 4) is 5.75 Å². The molecule has 0 saturated heterocycles. The monoisotopic (exact) mass is 779 g/mol. The number of nitrogens with one attached hydrogen (secondary N) is 2. The fourth-order valence-electron chi connectivity index (χ4n) is 3.83. The molecule has 2 aromatic carbocycles. The Morgan fingerprint density at radius 3 is 1.91 bits per heavy atom. The molecule has 1 unspecified atom stereocenters. The third kappa shape index (κ3) is 6.67. The lowest BCUT2D eigenvalue weighted by atomic mass is 9.87. The molecule has 46 heavy (non-hydrogen) atoms. The molecule has 0 bridgehead atoms. The van der Waals surface area contributed by atoms with Crippen LogP contribution in [0.3, 0.4) is 0 Å². The lowest BCUT2D eigenvalue weighted by Crippen LogP contribution is -2.59. The highest BCUT2D eigenvalue weighted by molar-refractivity contribution is 9.10. The molecule has 6 nitrogen and oxygen atoms in total. The van der Waals surface area contributed by atoms with E-state index in [-0.39, 0.29) is 17.8 Å². The maximum absolute atomic E-state index is 14.9. The molecule has 0 aliphatic heterocycles. The molecule has 0 radical (unpaired) electrons. The molecule has 2 amide bonds. The van der Waals surface area contributed by atoms with E-state index in [2.05, 4.69) is 26.2 Å². The van der Waals surface area contributed by atoms with Crippen molar-refractivity contribution in [3.05, 3.63) is 79.5 Å². The van der Waals surface area contributed by atoms with Crippen LogP contribution in [0.4, 0.5) is 64.1 Å². The topological polar surface area (TPSA) is 80.3 Å². The number of para-hydroxylation sites is 1. The van der Waals surface area contributed by atoms with Gasteiger partial charge in [-0.25, -0.2) is 4.39 Å². The van der Waals surface area contributed by atoms with Gasteiger partial charge in [0, 0.05) is 16.2 Å². The Labute approximate surface area is 267 Å². The second kappa shape index (κ2) is 12.6. The van der Waals surface area contributed by atoms with Gasteiger partial charge in [-0.05, 0) is 46.3 Å². The van der Waals surface area contributed by atoms with Crippen LogP contribution in [0.5, 0.6) is 5.75 Å². The number of carbonyl (C=O) groups is 2. The van der Waals surface area contributed by atoms with E-state index in [1.165, 1.54) is 0 Å². The maximum atomic E-state index is 14.9. The average Bonchev–Trinajstić information content (AvgIpc) is 2.92. The van der Waals surface area contributed by atoms with Gasteiger partial charge >= 0.3 is 30.1 Å². The van der Waals surface area contributed by atoms with E-state index in [1.807, 2.05) is 5.32 Å². The van der Waals surface area contributed by atoms with Crippen LogP contribution in [0.15, 0.2) is 47.1 Å². The van der Waals surface area contributed by atoms with Gasteiger partial charge in [0.2, 0.25) is 0 Å². The number of halogens is 15. The number of amides is 2. The Balaban J connectivity index is 2.01. The number of rotatable bonds is 7. The fraction of sp³-hybridized carbons (Fsp3) is 0.240. The van der Waals surface area contributed by atoms with Gasteiger partial charge in [-0.1, -0.05) is 29.3 Å². The lowest BCUT2D eigenvalue weighted by molar-refractivity contribution is -0.389. The highest BCUT2D eigenvalue weighted by Crippen LogP contribution is 2.59. The predicted octanol–water partition coefficient (Wildman–Crippen LogP) is 9.61. The number of carbonyl (C=O) groups excluding carboxylic acids is 2. The van der Waals surface area contributed by atoms with Gasteiger partial charge in [0.05, 0.1) is 39.7 Å². The van der Waals surface area contributed by atoms with Crippen molar-refractivity contribution < 1.29 is 67.0 Å². The van der Waals surface area contributed by atoms with E-state index < -0.39 is 90.3 Å². The third-order valence-corrected chi connectivity index (χ3v) is 7.28. The summed E-state index contributed by atoms with van der Waals surface area (Å²) in [6.45, 7) is 0. The number of hydrogen-bond donors (Lipinski definition) is 2. The van der Waals surface area contributed by atoms with Crippen molar-refractivity contribution in [2.24, 2.45) is 0 Å². The van der Waals surface area contributed by atoms with Gasteiger partial charge in [-0.3, -0.25) is 14.6 Å². The average molecular weight is 781 g/mol. The van der Waals surface area contributed by atoms with Crippen molar-refractivity contribution >= 4 is 62.3 Å². The Kier molecular flexibility index (Phi) is 10.2. The van der Waals surface area contributed by atoms with Crippen molar-refractivity contribution in [2.45, 2.75) is 30.1 Å². The molecule has 0 aliphatic rings. The minimum atomic E-state index is -7.00. The molecule has 0 fully saturated rings. The summed E-state index contributed by atoms with van der Waals surface area (Å²) < 4.78 is 165. The summed E-state index contributed by atoms with van der Waals surface area (Å²) in [5, 5.41) is 2.01. The van der Waals surface area contributed by atoms with Crippen LogP contribution >= 0.6 is 39.1 Å². The number of methoxy groups -OCH3 is 1. The Morgan fingerprint density at radius 2 is 1.41 bits per heavy atom. The Hall–Kier alpha value is -3.45. The maximum Gasteiger partial charge on any atom is 0.457 e. The van der Waals surface area contributed by atoms with Gasteiger partial charge in [0.25, 0.3) is 11.8 Å². The Bertz CT molecular complexity index is 1660. The number of anilines is 2. The van der Waals surface area contributed by atoms with Crippen LogP contribution in [0.1, 0.15) is 32.0 Å². The number of alkyl halides is 12. The van der Waals surface area contributed by atoms with Crippen LogP contribution in [0.25, 0.3) is 0 Å². The minimum Gasteiger partial charge on any atom is -0.494 e. The first kappa shape index (κ1) is 37.0. The molecular weight excluding hydrogens is 769 g/mol. The van der Waals surface area contributed by atoms with Crippen LogP contribution < -0.4 is 15.4 Å². The SMILES string of the molecule is COc1c(NC(=O)c2ccnc(C(F)(F)F)c2Cl)cccc1C(=O)Nc1c(Cl)cc(C(F)(C(F)(F)F)C(F)(F)C(F)(F)F)cc1Br. The van der Waals surface area contributed by atoms with E-state index in [1.54, 1.807) is 0 Å². The summed E-state index contributed by atoms with van der Waals surface area (Å²) in [7, 11) is 0.986. The fourth-order valence-corrected chi connectivity index (χ4v) is 5.08. The normalized spacial score (nSPS) is 14.0. The van der Waals surface area contributed by atoms with Gasteiger partial charge in [0.1, 0.15) is 0 Å². The number of aromatic nitrogens is 1. The zero-order valence-electron chi connectivity index (χ0n) is 21.9. The molecule has 250 valence electrons. The number of ether oxygens (including phenoxy) is 1. The molecule has 21 heteroatoms.